The summed E-state index contributed by atoms with van der Waals surface area (Å²) in [5, 5.41) is 16.5. The highest BCUT2D eigenvalue weighted by Gasteiger charge is 2.16. The lowest BCUT2D eigenvalue weighted by molar-refractivity contribution is -0.138. The van der Waals surface area contributed by atoms with E-state index in [9.17, 15) is 14.4 Å². The average molecular weight is 301 g/mol. The van der Waals surface area contributed by atoms with Crippen LogP contribution in [-0.4, -0.2) is 42.6 Å². The second-order valence-corrected chi connectivity index (χ2v) is 5.51. The van der Waals surface area contributed by atoms with E-state index in [4.69, 9.17) is 5.11 Å². The van der Waals surface area contributed by atoms with Gasteiger partial charge in [0.15, 0.2) is 0 Å². The summed E-state index contributed by atoms with van der Waals surface area (Å²) in [7, 11) is 0. The van der Waals surface area contributed by atoms with Gasteiger partial charge in [-0.2, -0.15) is 0 Å². The van der Waals surface area contributed by atoms with Gasteiger partial charge in [-0.1, -0.05) is 20.8 Å². The first-order valence-corrected chi connectivity index (χ1v) is 7.35. The van der Waals surface area contributed by atoms with Crippen molar-refractivity contribution in [2.75, 3.05) is 19.6 Å². The Morgan fingerprint density at radius 1 is 1.10 bits per heavy atom. The molecule has 1 atom stereocenters. The SMILES string of the molecule is CCCNC(=O)CNC(=O)NC[C@H](CC(=O)O)CC(C)C. The summed E-state index contributed by atoms with van der Waals surface area (Å²) >= 11 is 0. The molecular formula is C14H27N3O4. The molecule has 0 aliphatic heterocycles. The molecular weight excluding hydrogens is 274 g/mol. The van der Waals surface area contributed by atoms with Gasteiger partial charge in [0, 0.05) is 19.5 Å². The maximum atomic E-state index is 11.5. The summed E-state index contributed by atoms with van der Waals surface area (Å²) in [6.07, 6.45) is 1.59. The van der Waals surface area contributed by atoms with Gasteiger partial charge in [-0.3, -0.25) is 9.59 Å². The highest BCUT2D eigenvalue weighted by atomic mass is 16.4. The van der Waals surface area contributed by atoms with Crippen molar-refractivity contribution in [1.29, 1.82) is 0 Å². The molecule has 0 spiro atoms. The van der Waals surface area contributed by atoms with Gasteiger partial charge in [-0.05, 0) is 24.7 Å². The van der Waals surface area contributed by atoms with Crippen LogP contribution in [0.5, 0.6) is 0 Å². The van der Waals surface area contributed by atoms with Gasteiger partial charge in [0.2, 0.25) is 5.91 Å². The fourth-order valence-electron chi connectivity index (χ4n) is 1.94. The molecule has 21 heavy (non-hydrogen) atoms. The lowest BCUT2D eigenvalue weighted by Gasteiger charge is -2.18. The van der Waals surface area contributed by atoms with Crippen molar-refractivity contribution in [2.24, 2.45) is 11.8 Å². The van der Waals surface area contributed by atoms with Crippen molar-refractivity contribution in [3.8, 4) is 0 Å². The summed E-state index contributed by atoms with van der Waals surface area (Å²) in [6, 6.07) is -0.458. The van der Waals surface area contributed by atoms with E-state index >= 15 is 0 Å². The fraction of sp³-hybridized carbons (Fsp3) is 0.786. The van der Waals surface area contributed by atoms with E-state index in [-0.39, 0.29) is 31.3 Å². The van der Waals surface area contributed by atoms with Crippen LogP contribution in [0, 0.1) is 11.8 Å². The van der Waals surface area contributed by atoms with Crippen molar-refractivity contribution in [1.82, 2.24) is 16.0 Å². The number of carbonyl (C=O) groups excluding carboxylic acids is 2. The summed E-state index contributed by atoms with van der Waals surface area (Å²) < 4.78 is 0. The fourth-order valence-corrected chi connectivity index (χ4v) is 1.94. The van der Waals surface area contributed by atoms with Gasteiger partial charge < -0.3 is 21.1 Å². The molecule has 122 valence electrons. The van der Waals surface area contributed by atoms with Crippen molar-refractivity contribution >= 4 is 17.9 Å². The van der Waals surface area contributed by atoms with Crippen LogP contribution in [0.1, 0.15) is 40.0 Å². The number of rotatable bonds is 10. The monoisotopic (exact) mass is 301 g/mol. The van der Waals surface area contributed by atoms with Gasteiger partial charge >= 0.3 is 12.0 Å². The average Bonchev–Trinajstić information content (AvgIpc) is 2.38. The molecule has 0 heterocycles. The standard InChI is InChI=1S/C14H27N3O4/c1-4-5-15-12(18)9-17-14(21)16-8-11(6-10(2)3)7-13(19)20/h10-11H,4-9H2,1-3H3,(H,15,18)(H,19,20)(H2,16,17,21)/t11-/m0/s1. The molecule has 0 saturated carbocycles. The molecule has 0 rings (SSSR count). The largest absolute Gasteiger partial charge is 0.481 e. The molecule has 4 N–H and O–H groups in total. The third-order valence-corrected chi connectivity index (χ3v) is 2.80. The molecule has 0 aliphatic rings. The van der Waals surface area contributed by atoms with E-state index in [1.165, 1.54) is 0 Å². The predicted octanol–water partition coefficient (Wildman–Crippen LogP) is 0.949. The number of nitrogens with one attached hydrogen (secondary N) is 3. The molecule has 7 nitrogen and oxygen atoms in total. The zero-order chi connectivity index (χ0) is 16.3. The van der Waals surface area contributed by atoms with Gasteiger partial charge in [-0.25, -0.2) is 4.79 Å². The first-order valence-electron chi connectivity index (χ1n) is 7.35. The number of carboxylic acids is 1. The molecule has 0 fully saturated rings. The van der Waals surface area contributed by atoms with Crippen LogP contribution in [0.15, 0.2) is 0 Å². The van der Waals surface area contributed by atoms with Crippen molar-refractivity contribution in [3.05, 3.63) is 0 Å². The second-order valence-electron chi connectivity index (χ2n) is 5.51. The highest BCUT2D eigenvalue weighted by molar-refractivity contribution is 5.83. The minimum Gasteiger partial charge on any atom is -0.481 e. The number of aliphatic carboxylic acids is 1. The Morgan fingerprint density at radius 2 is 1.76 bits per heavy atom. The number of amides is 3. The Hall–Kier alpha value is -1.79. The Balaban J connectivity index is 4.01. The normalized spacial score (nSPS) is 11.8. The Labute approximate surface area is 125 Å². The Bertz CT molecular complexity index is 345. The van der Waals surface area contributed by atoms with Gasteiger partial charge in [0.05, 0.1) is 6.54 Å². The van der Waals surface area contributed by atoms with Crippen LogP contribution in [-0.2, 0) is 9.59 Å². The quantitative estimate of drug-likeness (QED) is 0.482. The first-order chi connectivity index (χ1) is 9.85. The molecule has 0 bridgehead atoms. The first kappa shape index (κ1) is 19.2. The smallest absolute Gasteiger partial charge is 0.315 e. The van der Waals surface area contributed by atoms with Crippen LogP contribution < -0.4 is 16.0 Å². The summed E-state index contributed by atoms with van der Waals surface area (Å²) in [6.45, 7) is 6.74. The highest BCUT2D eigenvalue weighted by Crippen LogP contribution is 2.14. The van der Waals surface area contributed by atoms with Gasteiger partial charge in [-0.15, -0.1) is 0 Å². The van der Waals surface area contributed by atoms with E-state index in [1.54, 1.807) is 0 Å². The molecule has 0 aliphatic carbocycles. The molecule has 0 saturated heterocycles. The number of hydrogen-bond donors (Lipinski definition) is 4. The third kappa shape index (κ3) is 11.7. The van der Waals surface area contributed by atoms with Crippen LogP contribution in [0.3, 0.4) is 0 Å². The molecule has 0 aromatic rings. The number of carbonyl (C=O) groups is 3. The minimum atomic E-state index is -0.873. The second kappa shape index (κ2) is 10.9. The maximum absolute atomic E-state index is 11.5. The van der Waals surface area contributed by atoms with E-state index in [0.29, 0.717) is 12.5 Å². The Kier molecular flexibility index (Phi) is 10.0. The zero-order valence-corrected chi connectivity index (χ0v) is 13.1. The predicted molar refractivity (Wildman–Crippen MR) is 79.9 cm³/mol. The van der Waals surface area contributed by atoms with Crippen LogP contribution in [0.25, 0.3) is 0 Å². The van der Waals surface area contributed by atoms with Crippen LogP contribution in [0.2, 0.25) is 0 Å². The minimum absolute atomic E-state index is 0.0233. The molecule has 0 radical (unpaired) electrons. The zero-order valence-electron chi connectivity index (χ0n) is 13.1. The van der Waals surface area contributed by atoms with Crippen LogP contribution in [0.4, 0.5) is 4.79 Å². The van der Waals surface area contributed by atoms with Gasteiger partial charge in [0.25, 0.3) is 0 Å². The number of carboxylic acid groups (broad SMARTS) is 1. The van der Waals surface area contributed by atoms with E-state index in [2.05, 4.69) is 16.0 Å². The Morgan fingerprint density at radius 3 is 2.29 bits per heavy atom. The molecule has 0 aromatic heterocycles. The van der Waals surface area contributed by atoms with E-state index in [1.807, 2.05) is 20.8 Å². The number of hydrogen-bond acceptors (Lipinski definition) is 3. The van der Waals surface area contributed by atoms with E-state index < -0.39 is 12.0 Å². The summed E-state index contributed by atoms with van der Waals surface area (Å²) in [5.74, 6) is -0.862. The van der Waals surface area contributed by atoms with Crippen molar-refractivity contribution in [2.45, 2.75) is 40.0 Å². The summed E-state index contributed by atoms with van der Waals surface area (Å²) in [4.78, 5) is 33.6. The molecule has 7 heteroatoms. The molecule has 3 amide bonds. The topological polar surface area (TPSA) is 108 Å². The number of urea groups is 1. The maximum Gasteiger partial charge on any atom is 0.315 e. The molecule has 0 aromatic carbocycles. The lowest BCUT2D eigenvalue weighted by atomic mass is 9.94. The summed E-state index contributed by atoms with van der Waals surface area (Å²) in [5.41, 5.74) is 0. The van der Waals surface area contributed by atoms with Crippen molar-refractivity contribution < 1.29 is 19.5 Å². The van der Waals surface area contributed by atoms with E-state index in [0.717, 1.165) is 12.8 Å². The lowest BCUT2D eigenvalue weighted by Crippen LogP contribution is -2.43. The third-order valence-electron chi connectivity index (χ3n) is 2.80. The van der Waals surface area contributed by atoms with Gasteiger partial charge in [0.1, 0.15) is 0 Å². The van der Waals surface area contributed by atoms with Crippen molar-refractivity contribution in [3.63, 3.8) is 0 Å². The molecule has 0 unspecified atom stereocenters. The van der Waals surface area contributed by atoms with Crippen LogP contribution >= 0.6 is 0 Å².